The molecule has 112 valence electrons. The third-order valence-electron chi connectivity index (χ3n) is 4.00. The molecule has 3 nitrogen and oxygen atoms in total. The van der Waals surface area contributed by atoms with Crippen molar-refractivity contribution >= 4 is 5.78 Å². The second-order valence-corrected chi connectivity index (χ2v) is 5.76. The average Bonchev–Trinajstić information content (AvgIpc) is 2.76. The molecule has 0 spiro atoms. The number of carbonyl (C=O) groups is 1. The first-order valence-electron chi connectivity index (χ1n) is 7.65. The Balaban J connectivity index is 2.14. The summed E-state index contributed by atoms with van der Waals surface area (Å²) in [5.41, 5.74) is 4.72. The number of aromatic nitrogens is 2. The van der Waals surface area contributed by atoms with Gasteiger partial charge in [-0.3, -0.25) is 4.79 Å². The molecule has 0 N–H and O–H groups in total. The quantitative estimate of drug-likeness (QED) is 0.749. The van der Waals surface area contributed by atoms with E-state index in [1.54, 1.807) is 0 Å². The van der Waals surface area contributed by atoms with Gasteiger partial charge >= 0.3 is 0 Å². The summed E-state index contributed by atoms with van der Waals surface area (Å²) < 4.78 is 4.22. The Labute approximate surface area is 127 Å². The molecule has 0 fully saturated rings. The lowest BCUT2D eigenvalue weighted by Gasteiger charge is -2.09. The van der Waals surface area contributed by atoms with Crippen molar-refractivity contribution in [3.8, 4) is 0 Å². The molecule has 0 saturated carbocycles. The third kappa shape index (κ3) is 3.60. The minimum Gasteiger partial charge on any atom is -0.297 e. The van der Waals surface area contributed by atoms with E-state index in [2.05, 4.69) is 61.5 Å². The Bertz CT molecular complexity index is 620. The number of rotatable bonds is 6. The van der Waals surface area contributed by atoms with Gasteiger partial charge in [-0.25, -0.2) is 0 Å². The van der Waals surface area contributed by atoms with Crippen LogP contribution in [-0.2, 0) is 24.3 Å². The Morgan fingerprint density at radius 1 is 1.14 bits per heavy atom. The first-order valence-corrected chi connectivity index (χ1v) is 7.65. The summed E-state index contributed by atoms with van der Waals surface area (Å²) in [4.78, 5) is 12.5. The Morgan fingerprint density at radius 2 is 1.81 bits per heavy atom. The van der Waals surface area contributed by atoms with E-state index in [-0.39, 0.29) is 5.78 Å². The topological polar surface area (TPSA) is 25.9 Å². The van der Waals surface area contributed by atoms with Crippen LogP contribution in [0, 0.1) is 20.8 Å². The van der Waals surface area contributed by atoms with Crippen LogP contribution >= 0.6 is 0 Å². The third-order valence-corrected chi connectivity index (χ3v) is 4.00. The predicted molar refractivity (Wildman–Crippen MR) is 84.3 cm³/mol. The van der Waals surface area contributed by atoms with E-state index in [9.17, 15) is 4.79 Å². The standard InChI is InChI=1S/C18H25N2O/c1-5-10-19-11-9-16(4)20(19)13-17(21)12-18-14(2)7-6-8-15(18)3/h6-9,11H,5,10,12-13H2,1-4H3/q+1. The van der Waals surface area contributed by atoms with Crippen molar-refractivity contribution in [2.24, 2.45) is 0 Å². The maximum Gasteiger partial charge on any atom is 0.195 e. The summed E-state index contributed by atoms with van der Waals surface area (Å²) in [5, 5.41) is 0. The van der Waals surface area contributed by atoms with Crippen molar-refractivity contribution in [1.29, 1.82) is 0 Å². The molecule has 21 heavy (non-hydrogen) atoms. The number of aryl methyl sites for hydroxylation is 4. The number of hydrogen-bond acceptors (Lipinski definition) is 1. The number of nitrogens with zero attached hydrogens (tertiary/aromatic N) is 2. The fourth-order valence-electron chi connectivity index (χ4n) is 2.75. The molecule has 0 radical (unpaired) electrons. The highest BCUT2D eigenvalue weighted by molar-refractivity contribution is 5.81. The smallest absolute Gasteiger partial charge is 0.195 e. The number of Topliss-reactive ketones (excluding diaryl/α,β-unsaturated/α-hetero) is 1. The van der Waals surface area contributed by atoms with E-state index in [1.165, 1.54) is 16.7 Å². The highest BCUT2D eigenvalue weighted by Crippen LogP contribution is 2.14. The van der Waals surface area contributed by atoms with Crippen molar-refractivity contribution in [3.05, 3.63) is 52.8 Å². The summed E-state index contributed by atoms with van der Waals surface area (Å²) >= 11 is 0. The number of hydrogen-bond donors (Lipinski definition) is 0. The summed E-state index contributed by atoms with van der Waals surface area (Å²) in [7, 11) is 0. The van der Waals surface area contributed by atoms with Crippen LogP contribution in [0.2, 0.25) is 0 Å². The molecule has 0 aliphatic carbocycles. The molecular formula is C18H25N2O+. The molecule has 1 heterocycles. The lowest BCUT2D eigenvalue weighted by Crippen LogP contribution is -2.44. The second-order valence-electron chi connectivity index (χ2n) is 5.76. The van der Waals surface area contributed by atoms with E-state index < -0.39 is 0 Å². The molecule has 0 bridgehead atoms. The number of ketones is 1. The van der Waals surface area contributed by atoms with Crippen molar-refractivity contribution in [2.45, 2.75) is 53.6 Å². The van der Waals surface area contributed by atoms with Crippen LogP contribution in [0.3, 0.4) is 0 Å². The normalized spacial score (nSPS) is 10.9. The number of benzene rings is 1. The van der Waals surface area contributed by atoms with Gasteiger partial charge in [0.1, 0.15) is 6.54 Å². The Kier molecular flexibility index (Phi) is 4.94. The van der Waals surface area contributed by atoms with Crippen LogP contribution in [0.4, 0.5) is 0 Å². The minimum absolute atomic E-state index is 0.261. The SMILES string of the molecule is CCC[n+]1ccc(C)n1CC(=O)Cc1c(C)cccc1C. The molecule has 0 aliphatic rings. The molecular weight excluding hydrogens is 260 g/mol. The average molecular weight is 285 g/mol. The fraction of sp³-hybridized carbons (Fsp3) is 0.444. The summed E-state index contributed by atoms with van der Waals surface area (Å²) in [6.07, 6.45) is 3.65. The van der Waals surface area contributed by atoms with Crippen LogP contribution in [0.1, 0.15) is 35.7 Å². The lowest BCUT2D eigenvalue weighted by molar-refractivity contribution is -0.774. The van der Waals surface area contributed by atoms with Gasteiger partial charge in [0.2, 0.25) is 0 Å². The summed E-state index contributed by atoms with van der Waals surface area (Å²) in [5.74, 6) is 0.261. The first-order chi connectivity index (χ1) is 10.0. The largest absolute Gasteiger partial charge is 0.297 e. The number of carbonyl (C=O) groups excluding carboxylic acids is 1. The van der Waals surface area contributed by atoms with Gasteiger partial charge in [-0.1, -0.05) is 25.1 Å². The van der Waals surface area contributed by atoms with Crippen molar-refractivity contribution in [3.63, 3.8) is 0 Å². The minimum atomic E-state index is 0.261. The zero-order chi connectivity index (χ0) is 15.4. The monoisotopic (exact) mass is 285 g/mol. The van der Waals surface area contributed by atoms with E-state index in [1.807, 2.05) is 6.07 Å². The van der Waals surface area contributed by atoms with Crippen molar-refractivity contribution in [1.82, 2.24) is 4.68 Å². The Morgan fingerprint density at radius 3 is 2.43 bits per heavy atom. The predicted octanol–water partition coefficient (Wildman–Crippen LogP) is 2.92. The van der Waals surface area contributed by atoms with Gasteiger partial charge in [0.25, 0.3) is 0 Å². The zero-order valence-corrected chi connectivity index (χ0v) is 13.5. The van der Waals surface area contributed by atoms with Gasteiger partial charge < -0.3 is 0 Å². The molecule has 0 atom stereocenters. The van der Waals surface area contributed by atoms with Crippen LogP contribution in [-0.4, -0.2) is 10.5 Å². The zero-order valence-electron chi connectivity index (χ0n) is 13.5. The maximum absolute atomic E-state index is 12.5. The van der Waals surface area contributed by atoms with E-state index in [0.717, 1.165) is 18.7 Å². The van der Waals surface area contributed by atoms with Gasteiger partial charge in [-0.15, -0.1) is 4.68 Å². The van der Waals surface area contributed by atoms with Crippen LogP contribution in [0.15, 0.2) is 30.5 Å². The molecule has 0 amide bonds. The summed E-state index contributed by atoms with van der Waals surface area (Å²) in [6, 6.07) is 8.27. The highest BCUT2D eigenvalue weighted by Gasteiger charge is 2.16. The molecule has 1 aromatic heterocycles. The van der Waals surface area contributed by atoms with Crippen LogP contribution in [0.25, 0.3) is 0 Å². The molecule has 0 aliphatic heterocycles. The molecule has 2 rings (SSSR count). The molecule has 1 aromatic carbocycles. The van der Waals surface area contributed by atoms with Crippen molar-refractivity contribution < 1.29 is 9.48 Å². The van der Waals surface area contributed by atoms with Gasteiger partial charge in [-0.2, -0.15) is 4.68 Å². The van der Waals surface area contributed by atoms with E-state index in [4.69, 9.17) is 0 Å². The lowest BCUT2D eigenvalue weighted by atomic mass is 9.98. The van der Waals surface area contributed by atoms with Gasteiger partial charge in [0, 0.05) is 18.9 Å². The van der Waals surface area contributed by atoms with Crippen LogP contribution in [0.5, 0.6) is 0 Å². The highest BCUT2D eigenvalue weighted by atomic mass is 16.1. The van der Waals surface area contributed by atoms with E-state index >= 15 is 0 Å². The maximum atomic E-state index is 12.5. The molecule has 0 unspecified atom stereocenters. The van der Waals surface area contributed by atoms with E-state index in [0.29, 0.717) is 13.0 Å². The van der Waals surface area contributed by atoms with Crippen molar-refractivity contribution in [2.75, 3.05) is 0 Å². The van der Waals surface area contributed by atoms with Gasteiger partial charge in [0.15, 0.2) is 18.5 Å². The van der Waals surface area contributed by atoms with Crippen LogP contribution < -0.4 is 4.68 Å². The van der Waals surface area contributed by atoms with Gasteiger partial charge in [0.05, 0.1) is 5.69 Å². The summed E-state index contributed by atoms with van der Waals surface area (Å²) in [6.45, 7) is 9.76. The fourth-order valence-corrected chi connectivity index (χ4v) is 2.75. The second kappa shape index (κ2) is 6.70. The van der Waals surface area contributed by atoms with Gasteiger partial charge in [-0.05, 0) is 37.5 Å². The Hall–Kier alpha value is -1.90. The first kappa shape index (κ1) is 15.5. The molecule has 2 aromatic rings. The molecule has 3 heteroatoms. The molecule has 0 saturated heterocycles.